The van der Waals surface area contributed by atoms with Crippen LogP contribution in [-0.4, -0.2) is 6.10 Å². The SMILES string of the molecule is N#CC(C#N)=C(C#N)Nc1ccc(OC2CCCCC2)c(F)c1. The molecule has 1 N–H and O–H groups in total. The molecule has 0 amide bonds. The Balaban J connectivity index is 2.13. The van der Waals surface area contributed by atoms with Crippen LogP contribution in [0.25, 0.3) is 0 Å². The third-order valence-electron chi connectivity index (χ3n) is 3.63. The highest BCUT2D eigenvalue weighted by Crippen LogP contribution is 2.27. The van der Waals surface area contributed by atoms with Crippen molar-refractivity contribution in [1.29, 1.82) is 15.8 Å². The minimum absolute atomic E-state index is 0.0374. The number of hydrogen-bond acceptors (Lipinski definition) is 5. The molecule has 0 saturated heterocycles. The summed E-state index contributed by atoms with van der Waals surface area (Å²) in [5.74, 6) is -0.376. The molecule has 0 unspecified atom stereocenters. The van der Waals surface area contributed by atoms with Gasteiger partial charge in [0.25, 0.3) is 0 Å². The summed E-state index contributed by atoms with van der Waals surface area (Å²) in [5.41, 5.74) is -0.288. The normalized spacial score (nSPS) is 14.0. The van der Waals surface area contributed by atoms with Gasteiger partial charge in [0.2, 0.25) is 0 Å². The van der Waals surface area contributed by atoms with Gasteiger partial charge >= 0.3 is 0 Å². The number of halogens is 1. The fourth-order valence-corrected chi connectivity index (χ4v) is 2.46. The Morgan fingerprint density at radius 2 is 1.78 bits per heavy atom. The van der Waals surface area contributed by atoms with Gasteiger partial charge in [-0.1, -0.05) is 6.42 Å². The van der Waals surface area contributed by atoms with Crippen molar-refractivity contribution in [3.05, 3.63) is 35.3 Å². The van der Waals surface area contributed by atoms with Gasteiger partial charge in [0.05, 0.1) is 6.10 Å². The molecule has 1 aliphatic carbocycles. The molecule has 0 atom stereocenters. The Kier molecular flexibility index (Phi) is 5.56. The molecule has 1 aromatic carbocycles. The van der Waals surface area contributed by atoms with Crippen molar-refractivity contribution < 1.29 is 9.13 Å². The second-order valence-corrected chi connectivity index (χ2v) is 5.23. The van der Waals surface area contributed by atoms with Crippen molar-refractivity contribution in [1.82, 2.24) is 0 Å². The molecule has 1 aromatic rings. The number of benzene rings is 1. The summed E-state index contributed by atoms with van der Waals surface area (Å²) in [5, 5.41) is 29.1. The zero-order valence-electron chi connectivity index (χ0n) is 12.5. The van der Waals surface area contributed by atoms with Crippen LogP contribution in [0.1, 0.15) is 32.1 Å². The van der Waals surface area contributed by atoms with E-state index >= 15 is 0 Å². The van der Waals surface area contributed by atoms with E-state index in [9.17, 15) is 4.39 Å². The summed E-state index contributed by atoms with van der Waals surface area (Å²) in [7, 11) is 0. The van der Waals surface area contributed by atoms with Crippen LogP contribution in [0.15, 0.2) is 29.5 Å². The molecule has 6 heteroatoms. The Morgan fingerprint density at radius 1 is 1.09 bits per heavy atom. The van der Waals surface area contributed by atoms with E-state index in [0.29, 0.717) is 0 Å². The lowest BCUT2D eigenvalue weighted by atomic mass is 9.98. The Hall–Kier alpha value is -3.04. The average Bonchev–Trinajstić information content (AvgIpc) is 2.58. The largest absolute Gasteiger partial charge is 0.487 e. The zero-order chi connectivity index (χ0) is 16.7. The van der Waals surface area contributed by atoms with E-state index in [1.165, 1.54) is 18.6 Å². The summed E-state index contributed by atoms with van der Waals surface area (Å²) in [6.07, 6.45) is 5.26. The Labute approximate surface area is 134 Å². The van der Waals surface area contributed by atoms with Crippen molar-refractivity contribution in [2.24, 2.45) is 0 Å². The number of hydrogen-bond donors (Lipinski definition) is 1. The quantitative estimate of drug-likeness (QED) is 0.854. The van der Waals surface area contributed by atoms with Crippen molar-refractivity contribution in [2.75, 3.05) is 5.32 Å². The highest BCUT2D eigenvalue weighted by Gasteiger charge is 2.17. The Morgan fingerprint density at radius 3 is 2.35 bits per heavy atom. The summed E-state index contributed by atoms with van der Waals surface area (Å²) in [6, 6.07) is 9.17. The number of anilines is 1. The smallest absolute Gasteiger partial charge is 0.167 e. The molecule has 116 valence electrons. The van der Waals surface area contributed by atoms with E-state index in [0.717, 1.165) is 25.7 Å². The van der Waals surface area contributed by atoms with Gasteiger partial charge in [-0.3, -0.25) is 0 Å². The molecule has 1 aliphatic rings. The fourth-order valence-electron chi connectivity index (χ4n) is 2.46. The third-order valence-corrected chi connectivity index (χ3v) is 3.63. The minimum atomic E-state index is -0.548. The second kappa shape index (κ2) is 7.82. The fraction of sp³-hybridized carbons (Fsp3) is 0.353. The van der Waals surface area contributed by atoms with Gasteiger partial charge in [0.15, 0.2) is 17.1 Å². The number of allylic oxidation sites excluding steroid dienone is 2. The number of nitrogens with one attached hydrogen (secondary N) is 1. The van der Waals surface area contributed by atoms with Crippen LogP contribution in [0, 0.1) is 39.8 Å². The molecule has 0 bridgehead atoms. The molecule has 0 aromatic heterocycles. The van der Waals surface area contributed by atoms with Crippen LogP contribution in [-0.2, 0) is 0 Å². The molecule has 0 spiro atoms. The summed E-state index contributed by atoms with van der Waals surface area (Å²) in [6.45, 7) is 0. The van der Waals surface area contributed by atoms with Gasteiger partial charge in [-0.25, -0.2) is 4.39 Å². The molecule has 0 aliphatic heterocycles. The maximum absolute atomic E-state index is 14.1. The molecule has 0 heterocycles. The summed E-state index contributed by atoms with van der Waals surface area (Å²) in [4.78, 5) is 0. The molecule has 2 rings (SSSR count). The first kappa shape index (κ1) is 16.3. The Bertz CT molecular complexity index is 714. The number of rotatable bonds is 4. The molecular formula is C17H15FN4O. The van der Waals surface area contributed by atoms with E-state index < -0.39 is 5.82 Å². The lowest BCUT2D eigenvalue weighted by molar-refractivity contribution is 0.149. The molecule has 23 heavy (non-hydrogen) atoms. The van der Waals surface area contributed by atoms with Crippen molar-refractivity contribution in [3.63, 3.8) is 0 Å². The van der Waals surface area contributed by atoms with Crippen LogP contribution in [0.4, 0.5) is 10.1 Å². The van der Waals surface area contributed by atoms with Gasteiger partial charge in [0.1, 0.15) is 23.9 Å². The topological polar surface area (TPSA) is 92.6 Å². The van der Waals surface area contributed by atoms with E-state index in [2.05, 4.69) is 5.32 Å². The van der Waals surface area contributed by atoms with E-state index in [4.69, 9.17) is 20.5 Å². The van der Waals surface area contributed by atoms with Gasteiger partial charge in [-0.2, -0.15) is 15.8 Å². The van der Waals surface area contributed by atoms with Crippen molar-refractivity contribution in [3.8, 4) is 24.0 Å². The third kappa shape index (κ3) is 4.22. The first-order valence-corrected chi connectivity index (χ1v) is 7.35. The molecule has 1 saturated carbocycles. The van der Waals surface area contributed by atoms with Crippen molar-refractivity contribution in [2.45, 2.75) is 38.2 Å². The van der Waals surface area contributed by atoms with Crippen LogP contribution in [0.5, 0.6) is 5.75 Å². The van der Waals surface area contributed by atoms with Crippen LogP contribution < -0.4 is 10.1 Å². The number of ether oxygens (including phenoxy) is 1. The maximum atomic E-state index is 14.1. The number of nitriles is 3. The molecule has 1 fully saturated rings. The monoisotopic (exact) mass is 310 g/mol. The van der Waals surface area contributed by atoms with Gasteiger partial charge in [0, 0.05) is 11.8 Å². The summed E-state index contributed by atoms with van der Waals surface area (Å²) < 4.78 is 19.8. The van der Waals surface area contributed by atoms with Crippen LogP contribution >= 0.6 is 0 Å². The predicted molar refractivity (Wildman–Crippen MR) is 81.4 cm³/mol. The molecule has 5 nitrogen and oxygen atoms in total. The highest BCUT2D eigenvalue weighted by molar-refractivity contribution is 5.59. The maximum Gasteiger partial charge on any atom is 0.167 e. The van der Waals surface area contributed by atoms with E-state index in [1.54, 1.807) is 24.3 Å². The van der Waals surface area contributed by atoms with E-state index in [-0.39, 0.29) is 28.8 Å². The van der Waals surface area contributed by atoms with Crippen LogP contribution in [0.2, 0.25) is 0 Å². The minimum Gasteiger partial charge on any atom is -0.487 e. The lowest BCUT2D eigenvalue weighted by Gasteiger charge is -2.23. The van der Waals surface area contributed by atoms with Crippen LogP contribution in [0.3, 0.4) is 0 Å². The molecular weight excluding hydrogens is 295 g/mol. The van der Waals surface area contributed by atoms with Gasteiger partial charge < -0.3 is 10.1 Å². The highest BCUT2D eigenvalue weighted by atomic mass is 19.1. The summed E-state index contributed by atoms with van der Waals surface area (Å²) >= 11 is 0. The van der Waals surface area contributed by atoms with Gasteiger partial charge in [-0.05, 0) is 37.8 Å². The van der Waals surface area contributed by atoms with Gasteiger partial charge in [-0.15, -0.1) is 0 Å². The number of nitrogens with zero attached hydrogens (tertiary/aromatic N) is 3. The second-order valence-electron chi connectivity index (χ2n) is 5.23. The first-order valence-electron chi connectivity index (χ1n) is 7.35. The standard InChI is InChI=1S/C17H15FN4O/c18-15-8-13(22-16(11-21)12(9-19)10-20)6-7-17(15)23-14-4-2-1-3-5-14/h6-8,14,22H,1-5H2. The zero-order valence-corrected chi connectivity index (χ0v) is 12.5. The first-order chi connectivity index (χ1) is 11.2. The lowest BCUT2D eigenvalue weighted by Crippen LogP contribution is -2.20. The molecule has 0 radical (unpaired) electrons. The predicted octanol–water partition coefficient (Wildman–Crippen LogP) is 3.77. The average molecular weight is 310 g/mol. The van der Waals surface area contributed by atoms with Crippen molar-refractivity contribution >= 4 is 5.69 Å². The van der Waals surface area contributed by atoms with E-state index in [1.807, 2.05) is 0 Å².